The molecule has 134 valence electrons. The van der Waals surface area contributed by atoms with Gasteiger partial charge in [0.25, 0.3) is 0 Å². The standard InChI is InChI=1S/C20H26ClN3S/c1-13(19-11-15-9-16(21)3-4-18(15)23-19)22-12-17-10-14-5-7-24(2)8-6-20(14)25-17/h3,9-11,13,18,22-23H,4-8,12H2,1-2H3. The quantitative estimate of drug-likeness (QED) is 0.842. The van der Waals surface area contributed by atoms with Gasteiger partial charge in [-0.1, -0.05) is 17.7 Å². The number of allylic oxidation sites excluding steroid dienone is 2. The van der Waals surface area contributed by atoms with E-state index in [-0.39, 0.29) is 0 Å². The highest BCUT2D eigenvalue weighted by molar-refractivity contribution is 7.12. The van der Waals surface area contributed by atoms with Crippen molar-refractivity contribution in [3.8, 4) is 0 Å². The Morgan fingerprint density at radius 1 is 1.36 bits per heavy atom. The number of hydrogen-bond donors (Lipinski definition) is 2. The van der Waals surface area contributed by atoms with Gasteiger partial charge < -0.3 is 15.5 Å². The maximum atomic E-state index is 6.13. The Labute approximate surface area is 159 Å². The molecule has 0 aromatic carbocycles. The molecule has 2 unspecified atom stereocenters. The van der Waals surface area contributed by atoms with Crippen molar-refractivity contribution < 1.29 is 0 Å². The molecule has 3 aliphatic rings. The zero-order valence-corrected chi connectivity index (χ0v) is 16.5. The van der Waals surface area contributed by atoms with Gasteiger partial charge in [-0.3, -0.25) is 0 Å². The van der Waals surface area contributed by atoms with Crippen LogP contribution in [0.5, 0.6) is 0 Å². The summed E-state index contributed by atoms with van der Waals surface area (Å²) in [6.45, 7) is 5.54. The fraction of sp³-hybridized carbons (Fsp3) is 0.500. The van der Waals surface area contributed by atoms with E-state index in [9.17, 15) is 0 Å². The lowest BCUT2D eigenvalue weighted by atomic mass is 10.0. The molecule has 0 saturated heterocycles. The van der Waals surface area contributed by atoms with Crippen LogP contribution in [0.1, 0.15) is 28.7 Å². The molecular formula is C20H26ClN3S. The van der Waals surface area contributed by atoms with Gasteiger partial charge in [0, 0.05) is 46.2 Å². The molecule has 0 radical (unpaired) electrons. The Balaban J connectivity index is 1.36. The van der Waals surface area contributed by atoms with Crippen LogP contribution in [-0.2, 0) is 19.4 Å². The van der Waals surface area contributed by atoms with Gasteiger partial charge in [-0.15, -0.1) is 11.3 Å². The number of nitrogens with zero attached hydrogens (tertiary/aromatic N) is 1. The van der Waals surface area contributed by atoms with Crippen molar-refractivity contribution >= 4 is 22.9 Å². The maximum absolute atomic E-state index is 6.13. The first-order valence-electron chi connectivity index (χ1n) is 9.16. The molecule has 0 fully saturated rings. The Bertz CT molecular complexity index is 721. The van der Waals surface area contributed by atoms with Crippen molar-refractivity contribution in [2.45, 2.75) is 44.8 Å². The van der Waals surface area contributed by atoms with Crippen LogP contribution in [0.15, 0.2) is 40.6 Å². The van der Waals surface area contributed by atoms with Gasteiger partial charge in [-0.25, -0.2) is 0 Å². The van der Waals surface area contributed by atoms with E-state index in [1.54, 1.807) is 10.4 Å². The van der Waals surface area contributed by atoms with Crippen molar-refractivity contribution in [1.29, 1.82) is 0 Å². The molecule has 2 aliphatic heterocycles. The van der Waals surface area contributed by atoms with E-state index in [1.165, 1.54) is 42.1 Å². The zero-order valence-electron chi connectivity index (χ0n) is 14.9. The number of likely N-dealkylation sites (N-methyl/N-ethyl adjacent to an activating group) is 1. The predicted octanol–water partition coefficient (Wildman–Crippen LogP) is 3.57. The Kier molecular flexibility index (Phi) is 5.05. The summed E-state index contributed by atoms with van der Waals surface area (Å²) >= 11 is 8.12. The van der Waals surface area contributed by atoms with Crippen LogP contribution in [0.3, 0.4) is 0 Å². The van der Waals surface area contributed by atoms with Gasteiger partial charge >= 0.3 is 0 Å². The zero-order chi connectivity index (χ0) is 17.4. The van der Waals surface area contributed by atoms with E-state index >= 15 is 0 Å². The molecule has 0 spiro atoms. The third-order valence-electron chi connectivity index (χ3n) is 5.40. The topological polar surface area (TPSA) is 27.3 Å². The summed E-state index contributed by atoms with van der Waals surface area (Å²) in [5, 5.41) is 8.18. The highest BCUT2D eigenvalue weighted by atomic mass is 35.5. The largest absolute Gasteiger partial charge is 0.380 e. The fourth-order valence-corrected chi connectivity index (χ4v) is 5.13. The number of hydrogen-bond acceptors (Lipinski definition) is 4. The first kappa shape index (κ1) is 17.3. The van der Waals surface area contributed by atoms with Gasteiger partial charge in [-0.2, -0.15) is 0 Å². The molecular weight excluding hydrogens is 350 g/mol. The molecule has 2 atom stereocenters. The Morgan fingerprint density at radius 3 is 3.08 bits per heavy atom. The average Bonchev–Trinajstić information content (AvgIpc) is 3.15. The average molecular weight is 376 g/mol. The van der Waals surface area contributed by atoms with E-state index in [2.05, 4.69) is 53.8 Å². The molecule has 1 aromatic heterocycles. The van der Waals surface area contributed by atoms with Crippen LogP contribution in [0.4, 0.5) is 0 Å². The third-order valence-corrected chi connectivity index (χ3v) is 6.90. The summed E-state index contributed by atoms with van der Waals surface area (Å²) in [6.07, 6.45) is 9.79. The molecule has 1 aromatic rings. The van der Waals surface area contributed by atoms with Gasteiger partial charge in [0.05, 0.1) is 6.04 Å². The molecule has 0 amide bonds. The second-order valence-corrected chi connectivity index (χ2v) is 8.99. The lowest BCUT2D eigenvalue weighted by Crippen LogP contribution is -2.35. The summed E-state index contributed by atoms with van der Waals surface area (Å²) in [5.74, 6) is 0. The summed E-state index contributed by atoms with van der Waals surface area (Å²) in [6, 6.07) is 3.14. The summed E-state index contributed by atoms with van der Waals surface area (Å²) in [4.78, 5) is 5.48. The predicted molar refractivity (Wildman–Crippen MR) is 107 cm³/mol. The molecule has 3 heterocycles. The minimum absolute atomic E-state index is 0.318. The summed E-state index contributed by atoms with van der Waals surface area (Å²) < 4.78 is 0. The number of fused-ring (bicyclic) bond motifs is 2. The van der Waals surface area contributed by atoms with Crippen molar-refractivity contribution in [2.75, 3.05) is 20.1 Å². The van der Waals surface area contributed by atoms with E-state index < -0.39 is 0 Å². The van der Waals surface area contributed by atoms with Crippen molar-refractivity contribution in [2.24, 2.45) is 0 Å². The first-order chi connectivity index (χ1) is 12.1. The molecule has 4 rings (SSSR count). The molecule has 5 heteroatoms. The summed E-state index contributed by atoms with van der Waals surface area (Å²) in [5.41, 5.74) is 4.15. The SMILES string of the molecule is CC(NCc1cc2c(s1)CCN(C)CC2)C1=CC2=CC(Cl)=CCC2N1. The monoisotopic (exact) mass is 375 g/mol. The molecule has 2 N–H and O–H groups in total. The number of nitrogens with one attached hydrogen (secondary N) is 2. The molecule has 0 bridgehead atoms. The highest BCUT2D eigenvalue weighted by Gasteiger charge is 2.25. The number of thiophene rings is 1. The van der Waals surface area contributed by atoms with E-state index in [0.29, 0.717) is 12.1 Å². The van der Waals surface area contributed by atoms with Gasteiger partial charge in [0.15, 0.2) is 0 Å². The Hall–Kier alpha value is -1.07. The number of rotatable bonds is 4. The second-order valence-electron chi connectivity index (χ2n) is 7.33. The summed E-state index contributed by atoms with van der Waals surface area (Å²) in [7, 11) is 2.22. The first-order valence-corrected chi connectivity index (χ1v) is 10.4. The second kappa shape index (κ2) is 7.28. The fourth-order valence-electron chi connectivity index (χ4n) is 3.76. The van der Waals surface area contributed by atoms with Crippen LogP contribution in [0.25, 0.3) is 0 Å². The van der Waals surface area contributed by atoms with Crippen molar-refractivity contribution in [3.63, 3.8) is 0 Å². The van der Waals surface area contributed by atoms with Crippen LogP contribution < -0.4 is 10.6 Å². The third kappa shape index (κ3) is 3.87. The van der Waals surface area contributed by atoms with E-state index in [1.807, 2.05) is 11.3 Å². The lowest BCUT2D eigenvalue weighted by Gasteiger charge is -2.20. The van der Waals surface area contributed by atoms with Gasteiger partial charge in [0.2, 0.25) is 0 Å². The van der Waals surface area contributed by atoms with Crippen molar-refractivity contribution in [3.05, 3.63) is 55.9 Å². The minimum Gasteiger partial charge on any atom is -0.380 e. The number of halogens is 1. The van der Waals surface area contributed by atoms with Crippen LogP contribution in [0, 0.1) is 0 Å². The molecule has 1 aliphatic carbocycles. The Morgan fingerprint density at radius 2 is 2.20 bits per heavy atom. The van der Waals surface area contributed by atoms with E-state index in [0.717, 1.165) is 18.0 Å². The lowest BCUT2D eigenvalue weighted by molar-refractivity contribution is 0.352. The molecule has 25 heavy (non-hydrogen) atoms. The minimum atomic E-state index is 0.318. The van der Waals surface area contributed by atoms with Crippen LogP contribution >= 0.6 is 22.9 Å². The van der Waals surface area contributed by atoms with Crippen LogP contribution in [-0.4, -0.2) is 37.1 Å². The molecule has 3 nitrogen and oxygen atoms in total. The highest BCUT2D eigenvalue weighted by Crippen LogP contribution is 2.29. The normalized spacial score (nSPS) is 24.4. The van der Waals surface area contributed by atoms with Crippen LogP contribution in [0.2, 0.25) is 0 Å². The van der Waals surface area contributed by atoms with Gasteiger partial charge in [-0.05, 0) is 62.6 Å². The smallest absolute Gasteiger partial charge is 0.0547 e. The van der Waals surface area contributed by atoms with E-state index in [4.69, 9.17) is 11.6 Å². The van der Waals surface area contributed by atoms with Gasteiger partial charge in [0.1, 0.15) is 0 Å². The van der Waals surface area contributed by atoms with Crippen molar-refractivity contribution in [1.82, 2.24) is 15.5 Å². The molecule has 0 saturated carbocycles. The maximum Gasteiger partial charge on any atom is 0.0547 e.